The fraction of sp³-hybridized carbons (Fsp3) is 0.769. The third-order valence-corrected chi connectivity index (χ3v) is 3.32. The average Bonchev–Trinajstić information content (AvgIpc) is 2.72. The summed E-state index contributed by atoms with van der Waals surface area (Å²) in [5.74, 6) is 0. The van der Waals surface area contributed by atoms with E-state index < -0.39 is 12.6 Å². The normalized spacial score (nSPS) is 13.8. The second-order valence-corrected chi connectivity index (χ2v) is 4.61. The van der Waals surface area contributed by atoms with E-state index in [2.05, 4.69) is 10.4 Å². The molecule has 1 atom stereocenters. The largest absolute Gasteiger partial charge is 0.390 e. The minimum atomic E-state index is -4.14. The lowest BCUT2D eigenvalue weighted by Crippen LogP contribution is -2.17. The first kappa shape index (κ1) is 16.0. The lowest BCUT2D eigenvalue weighted by molar-refractivity contribution is -0.137. The van der Waals surface area contributed by atoms with Gasteiger partial charge >= 0.3 is 6.18 Å². The molecule has 1 aromatic rings. The van der Waals surface area contributed by atoms with E-state index in [9.17, 15) is 13.2 Å². The second-order valence-electron chi connectivity index (χ2n) is 4.61. The Morgan fingerprint density at radius 2 is 1.89 bits per heavy atom. The standard InChI is InChI=1S/C13H22F3N3/c1-5-10-12(9(3)17-4)11(6-2)19(18-10)8-7-13(14,15)16/h9,17H,5-8H2,1-4H3. The molecule has 1 heterocycles. The number of nitrogens with zero attached hydrogens (tertiary/aromatic N) is 2. The number of hydrogen-bond acceptors (Lipinski definition) is 2. The van der Waals surface area contributed by atoms with Crippen molar-refractivity contribution < 1.29 is 13.2 Å². The topological polar surface area (TPSA) is 29.9 Å². The van der Waals surface area contributed by atoms with Crippen LogP contribution in [0.15, 0.2) is 0 Å². The molecule has 0 radical (unpaired) electrons. The molecule has 0 amide bonds. The van der Waals surface area contributed by atoms with Crippen molar-refractivity contribution in [1.29, 1.82) is 0 Å². The van der Waals surface area contributed by atoms with Crippen LogP contribution in [0.4, 0.5) is 13.2 Å². The highest BCUT2D eigenvalue weighted by molar-refractivity contribution is 5.30. The number of rotatable bonds is 6. The minimum Gasteiger partial charge on any atom is -0.313 e. The van der Waals surface area contributed by atoms with Crippen molar-refractivity contribution in [2.24, 2.45) is 0 Å². The van der Waals surface area contributed by atoms with E-state index in [1.165, 1.54) is 4.68 Å². The Kier molecular flexibility index (Phi) is 5.40. The van der Waals surface area contributed by atoms with Gasteiger partial charge in [-0.25, -0.2) is 0 Å². The third kappa shape index (κ3) is 3.96. The lowest BCUT2D eigenvalue weighted by atomic mass is 10.0. The predicted octanol–water partition coefficient (Wildman–Crippen LogP) is 3.24. The molecule has 1 N–H and O–H groups in total. The summed E-state index contributed by atoms with van der Waals surface area (Å²) in [7, 11) is 1.84. The first-order valence-corrected chi connectivity index (χ1v) is 6.66. The molecule has 0 saturated heterocycles. The van der Waals surface area contributed by atoms with E-state index in [1.54, 1.807) is 0 Å². The number of aromatic nitrogens is 2. The lowest BCUT2D eigenvalue weighted by Gasteiger charge is -2.14. The van der Waals surface area contributed by atoms with E-state index in [4.69, 9.17) is 0 Å². The summed E-state index contributed by atoms with van der Waals surface area (Å²) >= 11 is 0. The van der Waals surface area contributed by atoms with Crippen molar-refractivity contribution in [2.75, 3.05) is 7.05 Å². The quantitative estimate of drug-likeness (QED) is 0.865. The number of nitrogens with one attached hydrogen (secondary N) is 1. The maximum absolute atomic E-state index is 12.3. The van der Waals surface area contributed by atoms with Crippen LogP contribution in [0, 0.1) is 0 Å². The highest BCUT2D eigenvalue weighted by Gasteiger charge is 2.28. The Hall–Kier alpha value is -1.04. The van der Waals surface area contributed by atoms with Crippen LogP contribution in [-0.4, -0.2) is 23.0 Å². The monoisotopic (exact) mass is 277 g/mol. The molecule has 1 unspecified atom stereocenters. The minimum absolute atomic E-state index is 0.101. The Bertz CT molecular complexity index is 410. The Morgan fingerprint density at radius 1 is 1.26 bits per heavy atom. The summed E-state index contributed by atoms with van der Waals surface area (Å²) in [6, 6.07) is 0.101. The van der Waals surface area contributed by atoms with Crippen LogP contribution in [0.1, 0.15) is 50.2 Å². The second kappa shape index (κ2) is 6.41. The maximum Gasteiger partial charge on any atom is 0.390 e. The third-order valence-electron chi connectivity index (χ3n) is 3.32. The van der Waals surface area contributed by atoms with Gasteiger partial charge in [0.1, 0.15) is 0 Å². The molecule has 0 fully saturated rings. The van der Waals surface area contributed by atoms with Gasteiger partial charge in [-0.3, -0.25) is 4.68 Å². The molecule has 110 valence electrons. The highest BCUT2D eigenvalue weighted by Crippen LogP contribution is 2.26. The molecule has 0 spiro atoms. The zero-order valence-electron chi connectivity index (χ0n) is 11.9. The van der Waals surface area contributed by atoms with Gasteiger partial charge in [0.2, 0.25) is 0 Å². The molecular weight excluding hydrogens is 255 g/mol. The van der Waals surface area contributed by atoms with Crippen LogP contribution in [-0.2, 0) is 19.4 Å². The molecule has 0 aliphatic rings. The number of aryl methyl sites for hydroxylation is 2. The Balaban J connectivity index is 3.08. The number of alkyl halides is 3. The van der Waals surface area contributed by atoms with Crippen LogP contribution < -0.4 is 5.32 Å². The van der Waals surface area contributed by atoms with Gasteiger partial charge in [0.05, 0.1) is 12.1 Å². The summed E-state index contributed by atoms with van der Waals surface area (Å²) in [6.07, 6.45) is -3.56. The molecule has 0 aliphatic carbocycles. The first-order valence-electron chi connectivity index (χ1n) is 6.66. The van der Waals surface area contributed by atoms with E-state index in [1.807, 2.05) is 27.8 Å². The first-order chi connectivity index (χ1) is 8.84. The zero-order chi connectivity index (χ0) is 14.6. The summed E-state index contributed by atoms with van der Waals surface area (Å²) in [4.78, 5) is 0. The van der Waals surface area contributed by atoms with Crippen molar-refractivity contribution in [2.45, 2.75) is 58.8 Å². The molecule has 0 aromatic carbocycles. The van der Waals surface area contributed by atoms with Crippen molar-refractivity contribution in [3.63, 3.8) is 0 Å². The van der Waals surface area contributed by atoms with E-state index in [0.29, 0.717) is 6.42 Å². The van der Waals surface area contributed by atoms with Gasteiger partial charge in [0.15, 0.2) is 0 Å². The smallest absolute Gasteiger partial charge is 0.313 e. The van der Waals surface area contributed by atoms with Crippen LogP contribution in [0.5, 0.6) is 0 Å². The predicted molar refractivity (Wildman–Crippen MR) is 69.1 cm³/mol. The van der Waals surface area contributed by atoms with Crippen LogP contribution in [0.3, 0.4) is 0 Å². The van der Waals surface area contributed by atoms with Gasteiger partial charge in [0.25, 0.3) is 0 Å². The molecule has 6 heteroatoms. The summed E-state index contributed by atoms with van der Waals surface area (Å²) in [6.45, 7) is 5.83. The van der Waals surface area contributed by atoms with Gasteiger partial charge in [0, 0.05) is 23.8 Å². The molecule has 19 heavy (non-hydrogen) atoms. The van der Waals surface area contributed by atoms with E-state index in [-0.39, 0.29) is 12.6 Å². The van der Waals surface area contributed by atoms with Crippen molar-refractivity contribution >= 4 is 0 Å². The van der Waals surface area contributed by atoms with Crippen LogP contribution >= 0.6 is 0 Å². The zero-order valence-corrected chi connectivity index (χ0v) is 11.9. The highest BCUT2D eigenvalue weighted by atomic mass is 19.4. The fourth-order valence-electron chi connectivity index (χ4n) is 2.26. The van der Waals surface area contributed by atoms with Crippen LogP contribution in [0.2, 0.25) is 0 Å². The molecule has 0 saturated carbocycles. The van der Waals surface area contributed by atoms with E-state index >= 15 is 0 Å². The molecule has 1 aromatic heterocycles. The van der Waals surface area contributed by atoms with Crippen molar-refractivity contribution in [3.8, 4) is 0 Å². The molecule has 0 aliphatic heterocycles. The molecule has 3 nitrogen and oxygen atoms in total. The fourth-order valence-corrected chi connectivity index (χ4v) is 2.26. The summed E-state index contributed by atoms with van der Waals surface area (Å²) < 4.78 is 38.5. The van der Waals surface area contributed by atoms with Crippen LogP contribution in [0.25, 0.3) is 0 Å². The van der Waals surface area contributed by atoms with Gasteiger partial charge in [-0.05, 0) is 26.8 Å². The molecule has 0 bridgehead atoms. The Morgan fingerprint density at radius 3 is 2.32 bits per heavy atom. The number of hydrogen-bond donors (Lipinski definition) is 1. The van der Waals surface area contributed by atoms with E-state index in [0.717, 1.165) is 23.4 Å². The van der Waals surface area contributed by atoms with Crippen molar-refractivity contribution in [1.82, 2.24) is 15.1 Å². The Labute approximate surface area is 112 Å². The SMILES string of the molecule is CCc1nn(CCC(F)(F)F)c(CC)c1C(C)NC. The van der Waals surface area contributed by atoms with Gasteiger partial charge in [-0.1, -0.05) is 13.8 Å². The summed E-state index contributed by atoms with van der Waals surface area (Å²) in [5, 5.41) is 7.49. The van der Waals surface area contributed by atoms with Gasteiger partial charge in [-0.2, -0.15) is 18.3 Å². The summed E-state index contributed by atoms with van der Waals surface area (Å²) in [5.41, 5.74) is 2.85. The number of halogens is 3. The molecule has 1 rings (SSSR count). The van der Waals surface area contributed by atoms with Crippen molar-refractivity contribution in [3.05, 3.63) is 17.0 Å². The maximum atomic E-state index is 12.3. The van der Waals surface area contributed by atoms with Gasteiger partial charge < -0.3 is 5.32 Å². The average molecular weight is 277 g/mol. The molecular formula is C13H22F3N3. The van der Waals surface area contributed by atoms with Gasteiger partial charge in [-0.15, -0.1) is 0 Å².